The van der Waals surface area contributed by atoms with Gasteiger partial charge in [0.25, 0.3) is 5.91 Å². The number of ether oxygens (including phenoxy) is 1. The zero-order chi connectivity index (χ0) is 22.7. The van der Waals surface area contributed by atoms with Gasteiger partial charge in [-0.15, -0.1) is 0 Å². The van der Waals surface area contributed by atoms with Crippen LogP contribution in [0.4, 0.5) is 0 Å². The zero-order valence-electron chi connectivity index (χ0n) is 18.8. The van der Waals surface area contributed by atoms with Gasteiger partial charge in [-0.25, -0.2) is 4.98 Å². The average molecular weight is 436 g/mol. The number of amides is 2. The van der Waals surface area contributed by atoms with Crippen molar-refractivity contribution in [1.29, 1.82) is 0 Å². The summed E-state index contributed by atoms with van der Waals surface area (Å²) in [6.07, 6.45) is 1.65. The molecule has 0 radical (unpaired) electrons. The second kappa shape index (κ2) is 9.42. The number of rotatable bonds is 6. The van der Waals surface area contributed by atoms with Crippen LogP contribution in [0, 0.1) is 5.92 Å². The van der Waals surface area contributed by atoms with Crippen LogP contribution >= 0.6 is 0 Å². The van der Waals surface area contributed by atoms with Gasteiger partial charge < -0.3 is 19.0 Å². The minimum Gasteiger partial charge on any atom is -0.497 e. The Kier molecular flexibility index (Phi) is 6.44. The number of likely N-dealkylation sites (tertiary alicyclic amines) is 1. The lowest BCUT2D eigenvalue weighted by Gasteiger charge is -2.34. The number of piperidine rings is 1. The third kappa shape index (κ3) is 4.33. The minimum atomic E-state index is -0.138. The molecule has 0 spiro atoms. The fourth-order valence-corrected chi connectivity index (χ4v) is 4.28. The Labute approximate surface area is 188 Å². The molecule has 7 nitrogen and oxygen atoms in total. The summed E-state index contributed by atoms with van der Waals surface area (Å²) in [6.45, 7) is 6.47. The van der Waals surface area contributed by atoms with Gasteiger partial charge in [-0.1, -0.05) is 6.07 Å². The molecule has 4 rings (SSSR count). The number of oxazole rings is 1. The molecule has 0 unspecified atom stereocenters. The molecule has 1 saturated heterocycles. The molecule has 1 fully saturated rings. The quantitative estimate of drug-likeness (QED) is 0.579. The molecule has 2 amide bonds. The summed E-state index contributed by atoms with van der Waals surface area (Å²) < 4.78 is 11.2. The van der Waals surface area contributed by atoms with E-state index in [1.807, 2.05) is 43.0 Å². The van der Waals surface area contributed by atoms with Gasteiger partial charge in [0.05, 0.1) is 13.0 Å². The molecule has 168 valence electrons. The van der Waals surface area contributed by atoms with Crippen LogP contribution in [0.15, 0.2) is 46.9 Å². The molecule has 3 aromatic rings. The van der Waals surface area contributed by atoms with Gasteiger partial charge in [-0.3, -0.25) is 9.59 Å². The smallest absolute Gasteiger partial charge is 0.254 e. The highest BCUT2D eigenvalue weighted by molar-refractivity contribution is 5.97. The van der Waals surface area contributed by atoms with Crippen molar-refractivity contribution in [1.82, 2.24) is 14.8 Å². The van der Waals surface area contributed by atoms with E-state index in [-0.39, 0.29) is 17.7 Å². The van der Waals surface area contributed by atoms with Crippen LogP contribution in [0.25, 0.3) is 22.6 Å². The van der Waals surface area contributed by atoms with Crippen molar-refractivity contribution in [2.75, 3.05) is 33.3 Å². The van der Waals surface area contributed by atoms with Gasteiger partial charge in [0, 0.05) is 37.3 Å². The fraction of sp³-hybridized carbons (Fsp3) is 0.400. The van der Waals surface area contributed by atoms with E-state index in [9.17, 15) is 9.59 Å². The fourth-order valence-electron chi connectivity index (χ4n) is 4.28. The standard InChI is InChI=1S/C25H29N3O4/c1-4-27(5-2)25(30)19-9-7-13-28(16-19)24(29)18-11-12-21-22(15-18)32-23(26-21)17-8-6-10-20(14-17)31-3/h6,8,10-12,14-15,19H,4-5,7,9,13,16H2,1-3H3/t19-/m0/s1. The van der Waals surface area contributed by atoms with Crippen molar-refractivity contribution >= 4 is 22.9 Å². The number of aromatic nitrogens is 1. The van der Waals surface area contributed by atoms with Crippen LogP contribution < -0.4 is 4.74 Å². The lowest BCUT2D eigenvalue weighted by atomic mass is 9.95. The molecule has 32 heavy (non-hydrogen) atoms. The second-order valence-corrected chi connectivity index (χ2v) is 8.03. The van der Waals surface area contributed by atoms with E-state index >= 15 is 0 Å². The molecule has 0 bridgehead atoms. The monoisotopic (exact) mass is 435 g/mol. The van der Waals surface area contributed by atoms with Gasteiger partial charge in [0.2, 0.25) is 11.8 Å². The summed E-state index contributed by atoms with van der Waals surface area (Å²) in [4.78, 5) is 34.2. The summed E-state index contributed by atoms with van der Waals surface area (Å²) in [6, 6.07) is 12.8. The van der Waals surface area contributed by atoms with Crippen LogP contribution in [-0.2, 0) is 4.79 Å². The molecule has 1 aliphatic heterocycles. The molecular formula is C25H29N3O4. The van der Waals surface area contributed by atoms with Crippen molar-refractivity contribution in [3.8, 4) is 17.2 Å². The van der Waals surface area contributed by atoms with Crippen molar-refractivity contribution in [2.45, 2.75) is 26.7 Å². The second-order valence-electron chi connectivity index (χ2n) is 8.03. The molecule has 1 atom stereocenters. The number of hydrogen-bond donors (Lipinski definition) is 0. The maximum atomic E-state index is 13.2. The van der Waals surface area contributed by atoms with Crippen LogP contribution in [-0.4, -0.2) is 59.9 Å². The predicted octanol–water partition coefficient (Wildman–Crippen LogP) is 4.22. The number of carbonyl (C=O) groups excluding carboxylic acids is 2. The number of hydrogen-bond acceptors (Lipinski definition) is 5. The Morgan fingerprint density at radius 1 is 1.19 bits per heavy atom. The van der Waals surface area contributed by atoms with Crippen LogP contribution in [0.5, 0.6) is 5.75 Å². The molecule has 0 aliphatic carbocycles. The van der Waals surface area contributed by atoms with Crippen molar-refractivity contribution in [3.63, 3.8) is 0 Å². The Bertz CT molecular complexity index is 1120. The number of carbonyl (C=O) groups is 2. The van der Waals surface area contributed by atoms with E-state index in [0.717, 1.165) is 24.2 Å². The van der Waals surface area contributed by atoms with E-state index in [1.165, 1.54) is 0 Å². The minimum absolute atomic E-state index is 0.0803. The summed E-state index contributed by atoms with van der Waals surface area (Å²) in [5.74, 6) is 1.12. The zero-order valence-corrected chi connectivity index (χ0v) is 18.8. The highest BCUT2D eigenvalue weighted by atomic mass is 16.5. The Hall–Kier alpha value is -3.35. The molecular weight excluding hydrogens is 406 g/mol. The van der Waals surface area contributed by atoms with E-state index in [1.54, 1.807) is 30.2 Å². The SMILES string of the molecule is CCN(CC)C(=O)[C@H]1CCCN(C(=O)c2ccc3nc(-c4cccc(OC)c4)oc3c2)C1. The third-order valence-corrected chi connectivity index (χ3v) is 6.09. The van der Waals surface area contributed by atoms with Crippen molar-refractivity contribution in [3.05, 3.63) is 48.0 Å². The van der Waals surface area contributed by atoms with Gasteiger partial charge in [0.15, 0.2) is 5.58 Å². The Morgan fingerprint density at radius 2 is 2.00 bits per heavy atom. The molecule has 1 aliphatic rings. The first-order valence-electron chi connectivity index (χ1n) is 11.2. The largest absolute Gasteiger partial charge is 0.497 e. The van der Waals surface area contributed by atoms with Crippen LogP contribution in [0.2, 0.25) is 0 Å². The third-order valence-electron chi connectivity index (χ3n) is 6.09. The number of benzene rings is 2. The highest BCUT2D eigenvalue weighted by Gasteiger charge is 2.31. The number of nitrogens with zero attached hydrogens (tertiary/aromatic N) is 3. The van der Waals surface area contributed by atoms with E-state index in [2.05, 4.69) is 4.98 Å². The molecule has 7 heteroatoms. The number of methoxy groups -OCH3 is 1. The topological polar surface area (TPSA) is 75.9 Å². The highest BCUT2D eigenvalue weighted by Crippen LogP contribution is 2.28. The average Bonchev–Trinajstić information content (AvgIpc) is 3.28. The summed E-state index contributed by atoms with van der Waals surface area (Å²) in [5.41, 5.74) is 2.60. The van der Waals surface area contributed by atoms with E-state index in [0.29, 0.717) is 48.7 Å². The molecule has 2 aromatic carbocycles. The normalized spacial score (nSPS) is 16.2. The van der Waals surface area contributed by atoms with Gasteiger partial charge in [-0.2, -0.15) is 0 Å². The lowest BCUT2D eigenvalue weighted by molar-refractivity contribution is -0.136. The Morgan fingerprint density at radius 3 is 2.75 bits per heavy atom. The first kappa shape index (κ1) is 21.9. The van der Waals surface area contributed by atoms with E-state index in [4.69, 9.17) is 9.15 Å². The van der Waals surface area contributed by atoms with Gasteiger partial charge >= 0.3 is 0 Å². The Balaban J connectivity index is 1.54. The summed E-state index contributed by atoms with van der Waals surface area (Å²) in [5, 5.41) is 0. The predicted molar refractivity (Wildman–Crippen MR) is 123 cm³/mol. The molecule has 2 heterocycles. The maximum absolute atomic E-state index is 13.2. The van der Waals surface area contributed by atoms with Gasteiger partial charge in [0.1, 0.15) is 11.3 Å². The number of fused-ring (bicyclic) bond motifs is 1. The first-order chi connectivity index (χ1) is 15.5. The summed E-state index contributed by atoms with van der Waals surface area (Å²) in [7, 11) is 1.61. The van der Waals surface area contributed by atoms with E-state index < -0.39 is 0 Å². The van der Waals surface area contributed by atoms with Gasteiger partial charge in [-0.05, 0) is 63.1 Å². The first-order valence-corrected chi connectivity index (χ1v) is 11.2. The molecule has 0 saturated carbocycles. The maximum Gasteiger partial charge on any atom is 0.254 e. The molecule has 0 N–H and O–H groups in total. The van der Waals surface area contributed by atoms with Crippen molar-refractivity contribution < 1.29 is 18.7 Å². The van der Waals surface area contributed by atoms with Crippen LogP contribution in [0.3, 0.4) is 0 Å². The molecule has 1 aromatic heterocycles. The lowest BCUT2D eigenvalue weighted by Crippen LogP contribution is -2.46. The van der Waals surface area contributed by atoms with Crippen molar-refractivity contribution in [2.24, 2.45) is 5.92 Å². The summed E-state index contributed by atoms with van der Waals surface area (Å²) >= 11 is 0. The van der Waals surface area contributed by atoms with Crippen LogP contribution in [0.1, 0.15) is 37.0 Å².